The van der Waals surface area contributed by atoms with E-state index in [4.69, 9.17) is 13.7 Å². The van der Waals surface area contributed by atoms with Gasteiger partial charge in [-0.15, -0.1) is 0 Å². The molecule has 0 spiro atoms. The minimum absolute atomic E-state index is 0.734. The van der Waals surface area contributed by atoms with Gasteiger partial charge in [-0.3, -0.25) is 0 Å². The van der Waals surface area contributed by atoms with E-state index in [1.165, 1.54) is 0 Å². The van der Waals surface area contributed by atoms with Crippen molar-refractivity contribution < 1.29 is 13.7 Å². The topological polar surface area (TPSA) is 46.2 Å². The van der Waals surface area contributed by atoms with Crippen LogP contribution in [0.1, 0.15) is 79.1 Å². The van der Waals surface area contributed by atoms with Crippen LogP contribution < -0.4 is 0 Å². The van der Waals surface area contributed by atoms with Gasteiger partial charge >= 0.3 is 161 Å². The summed E-state index contributed by atoms with van der Waals surface area (Å²) in [6, 6.07) is 0. The quantitative estimate of drug-likeness (QED) is 0.190. The summed E-state index contributed by atoms with van der Waals surface area (Å²) in [6.07, 6.45) is 8.70. The van der Waals surface area contributed by atoms with Gasteiger partial charge in [0.15, 0.2) is 0 Å². The van der Waals surface area contributed by atoms with Gasteiger partial charge in [0.1, 0.15) is 0 Å². The Labute approximate surface area is 160 Å². The second-order valence-electron chi connectivity index (χ2n) is 5.41. The first-order valence-corrected chi connectivity index (χ1v) is 16.2. The van der Waals surface area contributed by atoms with E-state index >= 15 is 0 Å². The maximum absolute atomic E-state index is 6.14. The Morgan fingerprint density at radius 2 is 0.739 bits per heavy atom. The SMILES string of the molecule is CCCC[O][Sn]([O]CCCC)[O][Sn]([O]CCCC)[O]CCCC. The molecule has 0 aromatic heterocycles. The van der Waals surface area contributed by atoms with Crippen molar-refractivity contribution in [3.05, 3.63) is 0 Å². The fourth-order valence-corrected chi connectivity index (χ4v) is 13.7. The normalized spacial score (nSPS) is 11.7. The van der Waals surface area contributed by atoms with E-state index in [9.17, 15) is 0 Å². The molecule has 0 bridgehead atoms. The Hall–Kier alpha value is 1.40. The van der Waals surface area contributed by atoms with Gasteiger partial charge in [0.2, 0.25) is 0 Å². The average molecular weight is 546 g/mol. The Morgan fingerprint density at radius 3 is 0.957 bits per heavy atom. The van der Waals surface area contributed by atoms with Gasteiger partial charge in [-0.2, -0.15) is 0 Å². The third kappa shape index (κ3) is 16.6. The standard InChI is InChI=1S/4C4H9O.O.2Sn/c4*1-2-3-4-5;;;/h4*2-4H2,1H3;;;/q4*-1;;2*+2. The molecule has 0 heterocycles. The van der Waals surface area contributed by atoms with Crippen molar-refractivity contribution in [3.8, 4) is 0 Å². The van der Waals surface area contributed by atoms with E-state index < -0.39 is 42.0 Å². The Balaban J connectivity index is 4.31. The van der Waals surface area contributed by atoms with Crippen molar-refractivity contribution in [2.75, 3.05) is 26.4 Å². The van der Waals surface area contributed by atoms with Crippen molar-refractivity contribution in [1.82, 2.24) is 0 Å². The molecule has 0 aliphatic carbocycles. The summed E-state index contributed by atoms with van der Waals surface area (Å²) in [5.74, 6) is 0. The molecule has 0 aromatic carbocycles. The predicted molar refractivity (Wildman–Crippen MR) is 96.0 cm³/mol. The van der Waals surface area contributed by atoms with Crippen molar-refractivity contribution in [2.45, 2.75) is 79.1 Å². The molecule has 0 fully saturated rings. The van der Waals surface area contributed by atoms with Crippen LogP contribution in [0.25, 0.3) is 0 Å². The van der Waals surface area contributed by atoms with Crippen LogP contribution in [0.3, 0.4) is 0 Å². The Bertz CT molecular complexity index is 193. The summed E-state index contributed by atoms with van der Waals surface area (Å²) >= 11 is -5.48. The van der Waals surface area contributed by atoms with Gasteiger partial charge in [0, 0.05) is 0 Å². The van der Waals surface area contributed by atoms with E-state index in [1.807, 2.05) is 0 Å². The van der Waals surface area contributed by atoms with Gasteiger partial charge in [-0.05, 0) is 0 Å². The molecule has 0 unspecified atom stereocenters. The zero-order valence-corrected chi connectivity index (χ0v) is 21.2. The molecular weight excluding hydrogens is 510 g/mol. The molecule has 0 saturated carbocycles. The Kier molecular flexibility index (Phi) is 20.9. The van der Waals surface area contributed by atoms with Crippen LogP contribution in [-0.4, -0.2) is 68.4 Å². The van der Waals surface area contributed by atoms with E-state index in [0.29, 0.717) is 0 Å². The summed E-state index contributed by atoms with van der Waals surface area (Å²) in [5, 5.41) is 0. The third-order valence-electron chi connectivity index (χ3n) is 3.04. The van der Waals surface area contributed by atoms with Crippen LogP contribution in [0.15, 0.2) is 0 Å². The molecule has 0 saturated heterocycles. The first-order chi connectivity index (χ1) is 11.3. The van der Waals surface area contributed by atoms with Gasteiger partial charge in [0.25, 0.3) is 0 Å². The van der Waals surface area contributed by atoms with E-state index in [0.717, 1.165) is 77.8 Å². The molecule has 0 aliphatic rings. The van der Waals surface area contributed by atoms with Gasteiger partial charge in [-0.1, -0.05) is 0 Å². The molecule has 0 aromatic rings. The van der Waals surface area contributed by atoms with Crippen LogP contribution in [0.2, 0.25) is 0 Å². The van der Waals surface area contributed by atoms with Crippen LogP contribution in [0.4, 0.5) is 0 Å². The predicted octanol–water partition coefficient (Wildman–Crippen LogP) is 4.24. The zero-order chi connectivity index (χ0) is 17.2. The average Bonchev–Trinajstić information content (AvgIpc) is 2.55. The van der Waals surface area contributed by atoms with E-state index in [2.05, 4.69) is 27.7 Å². The molecule has 5 nitrogen and oxygen atoms in total. The fourth-order valence-electron chi connectivity index (χ4n) is 1.47. The molecule has 0 amide bonds. The summed E-state index contributed by atoms with van der Waals surface area (Å²) in [5.41, 5.74) is 0. The number of hydrogen-bond donors (Lipinski definition) is 0. The van der Waals surface area contributed by atoms with Crippen LogP contribution in [0, 0.1) is 0 Å². The monoisotopic (exact) mass is 548 g/mol. The summed E-state index contributed by atoms with van der Waals surface area (Å²) in [4.78, 5) is 0. The van der Waals surface area contributed by atoms with Crippen LogP contribution >= 0.6 is 0 Å². The molecule has 0 atom stereocenters. The fraction of sp³-hybridized carbons (Fsp3) is 1.00. The molecule has 23 heavy (non-hydrogen) atoms. The summed E-state index contributed by atoms with van der Waals surface area (Å²) < 4.78 is 29.8. The molecule has 7 heteroatoms. The zero-order valence-electron chi connectivity index (χ0n) is 15.5. The van der Waals surface area contributed by atoms with E-state index in [1.54, 1.807) is 0 Å². The van der Waals surface area contributed by atoms with Gasteiger partial charge in [-0.25, -0.2) is 0 Å². The van der Waals surface area contributed by atoms with Crippen molar-refractivity contribution in [1.29, 1.82) is 0 Å². The number of unbranched alkanes of at least 4 members (excludes halogenated alkanes) is 4. The summed E-state index contributed by atoms with van der Waals surface area (Å²) in [6.45, 7) is 11.6. The van der Waals surface area contributed by atoms with Crippen LogP contribution in [-0.2, 0) is 13.7 Å². The number of rotatable bonds is 18. The molecule has 138 valence electrons. The molecule has 2 radical (unpaired) electrons. The van der Waals surface area contributed by atoms with Crippen molar-refractivity contribution in [3.63, 3.8) is 0 Å². The minimum atomic E-state index is -2.74. The summed E-state index contributed by atoms with van der Waals surface area (Å²) in [7, 11) is 0. The van der Waals surface area contributed by atoms with Gasteiger partial charge < -0.3 is 0 Å². The maximum atomic E-state index is 6.14. The van der Waals surface area contributed by atoms with Crippen LogP contribution in [0.5, 0.6) is 0 Å². The number of hydrogen-bond acceptors (Lipinski definition) is 5. The second-order valence-corrected chi connectivity index (χ2v) is 16.1. The first-order valence-electron chi connectivity index (χ1n) is 9.21. The Morgan fingerprint density at radius 1 is 0.478 bits per heavy atom. The van der Waals surface area contributed by atoms with E-state index in [-0.39, 0.29) is 0 Å². The van der Waals surface area contributed by atoms with Gasteiger partial charge in [0.05, 0.1) is 0 Å². The molecule has 0 aliphatic heterocycles. The first kappa shape index (κ1) is 24.4. The second kappa shape index (κ2) is 19.7. The molecular formula is C16H36O5Sn2. The third-order valence-corrected chi connectivity index (χ3v) is 15.4. The van der Waals surface area contributed by atoms with Crippen molar-refractivity contribution >= 4 is 42.0 Å². The molecule has 0 N–H and O–H groups in total. The molecule has 0 rings (SSSR count). The van der Waals surface area contributed by atoms with Crippen molar-refractivity contribution in [2.24, 2.45) is 0 Å².